The van der Waals surface area contributed by atoms with Gasteiger partial charge in [-0.1, -0.05) is 46.3 Å². The minimum Gasteiger partial charge on any atom is -0.481 e. The molecule has 300 valence electrons. The van der Waals surface area contributed by atoms with Crippen LogP contribution >= 0.6 is 0 Å². The molecule has 0 amide bonds. The van der Waals surface area contributed by atoms with Gasteiger partial charge in [0.05, 0.1) is 11.5 Å². The van der Waals surface area contributed by atoms with Crippen molar-refractivity contribution in [3.05, 3.63) is 47.2 Å². The number of sulfone groups is 1. The zero-order valence-electron chi connectivity index (χ0n) is 33.7. The summed E-state index contributed by atoms with van der Waals surface area (Å²) in [4.78, 5) is 19.3. The number of allylic oxidation sites excluding steroid dienone is 4. The number of hydrogen-bond acceptors (Lipinski definition) is 8. The Balaban J connectivity index is 0.956. The molecule has 4 saturated carbocycles. The van der Waals surface area contributed by atoms with Gasteiger partial charge in [-0.05, 0) is 146 Å². The predicted octanol–water partition coefficient (Wildman–Crippen LogP) is 7.59. The summed E-state index contributed by atoms with van der Waals surface area (Å²) >= 11 is 0. The summed E-state index contributed by atoms with van der Waals surface area (Å²) < 4.78 is 29.9. The number of fused-ring (bicyclic) bond motifs is 7. The van der Waals surface area contributed by atoms with E-state index in [1.807, 2.05) is 0 Å². The highest BCUT2D eigenvalue weighted by Crippen LogP contribution is 2.72. The predicted molar refractivity (Wildman–Crippen MR) is 214 cm³/mol. The molecule has 0 radical (unpaired) electrons. The van der Waals surface area contributed by atoms with Crippen molar-refractivity contribution in [2.45, 2.75) is 117 Å². The van der Waals surface area contributed by atoms with E-state index in [1.165, 1.54) is 68.9 Å². The smallest absolute Gasteiger partial charge is 0.313 e. The molecule has 8 rings (SSSR count). The lowest BCUT2D eigenvalue weighted by molar-refractivity contribution is -0.175. The van der Waals surface area contributed by atoms with Gasteiger partial charge in [0.1, 0.15) is 23.7 Å². The van der Waals surface area contributed by atoms with E-state index in [0.29, 0.717) is 66.7 Å². The molecule has 6 aliphatic carbocycles. The molecule has 9 atom stereocenters. The van der Waals surface area contributed by atoms with E-state index >= 15 is 0 Å². The first-order valence-corrected chi connectivity index (χ1v) is 23.3. The van der Waals surface area contributed by atoms with Crippen LogP contribution in [0, 0.1) is 62.6 Å². The maximum absolute atomic E-state index is 12.7. The van der Waals surface area contributed by atoms with Gasteiger partial charge in [-0.2, -0.15) is 5.26 Å². The van der Waals surface area contributed by atoms with Gasteiger partial charge in [0.25, 0.3) is 0 Å². The van der Waals surface area contributed by atoms with Crippen molar-refractivity contribution in [2.24, 2.45) is 51.2 Å². The molecule has 7 aliphatic rings. The number of carbonyl (C=O) groups is 1. The quantitative estimate of drug-likeness (QED) is 0.261. The zero-order valence-corrected chi connectivity index (χ0v) is 34.6. The molecule has 9 nitrogen and oxygen atoms in total. The summed E-state index contributed by atoms with van der Waals surface area (Å²) in [6.07, 6.45) is 20.9. The first-order chi connectivity index (χ1) is 26.2. The van der Waals surface area contributed by atoms with Crippen molar-refractivity contribution in [1.29, 1.82) is 5.26 Å². The summed E-state index contributed by atoms with van der Waals surface area (Å²) in [6, 6.07) is 5.43. The molecule has 0 bridgehead atoms. The second-order valence-electron chi connectivity index (χ2n) is 19.9. The molecular weight excluding hydrogens is 709 g/mol. The Morgan fingerprint density at radius 2 is 1.78 bits per heavy atom. The Kier molecular flexibility index (Phi) is 10.1. The third kappa shape index (κ3) is 6.60. The number of nitrogens with one attached hydrogen (secondary N) is 1. The van der Waals surface area contributed by atoms with Crippen LogP contribution in [0.15, 0.2) is 41.6 Å². The Morgan fingerprint density at radius 1 is 0.982 bits per heavy atom. The normalized spacial score (nSPS) is 40.6. The van der Waals surface area contributed by atoms with E-state index in [-0.39, 0.29) is 28.9 Å². The number of nitrogens with zero attached hydrogens (tertiary/aromatic N) is 3. The summed E-state index contributed by atoms with van der Waals surface area (Å²) in [7, 11) is -2.85. The average Bonchev–Trinajstić information content (AvgIpc) is 3.59. The SMILES string of the molecule is CC1(C)C(C2=CC[C@@](COc3ncccc3C#N)(C(=O)O)CC2)=CCC2(C)C1CCC1(C)C3CCC4(NCCN5CCS(=O)(=O)CC5)CCC[C@@H]4C3CCC12. The van der Waals surface area contributed by atoms with Crippen molar-refractivity contribution in [3.8, 4) is 11.9 Å². The van der Waals surface area contributed by atoms with Crippen molar-refractivity contribution >= 4 is 15.8 Å². The Labute approximate surface area is 329 Å². The van der Waals surface area contributed by atoms with Crippen molar-refractivity contribution in [1.82, 2.24) is 15.2 Å². The van der Waals surface area contributed by atoms with Gasteiger partial charge in [-0.3, -0.25) is 4.79 Å². The van der Waals surface area contributed by atoms with E-state index in [9.17, 15) is 23.6 Å². The lowest BCUT2D eigenvalue weighted by Crippen LogP contribution is -2.64. The van der Waals surface area contributed by atoms with Crippen molar-refractivity contribution in [3.63, 3.8) is 0 Å². The van der Waals surface area contributed by atoms with E-state index in [1.54, 1.807) is 18.3 Å². The monoisotopic (exact) mass is 772 g/mol. The van der Waals surface area contributed by atoms with Gasteiger partial charge in [0.2, 0.25) is 5.88 Å². The number of pyridine rings is 1. The molecule has 1 aliphatic heterocycles. The van der Waals surface area contributed by atoms with Gasteiger partial charge in [0.15, 0.2) is 9.84 Å². The Morgan fingerprint density at radius 3 is 2.51 bits per heavy atom. The van der Waals surface area contributed by atoms with E-state index in [4.69, 9.17) is 4.74 Å². The van der Waals surface area contributed by atoms with Gasteiger partial charge in [-0.25, -0.2) is 13.4 Å². The number of hydrogen-bond donors (Lipinski definition) is 2. The van der Waals surface area contributed by atoms with Crippen LogP contribution < -0.4 is 10.1 Å². The lowest BCUT2D eigenvalue weighted by Gasteiger charge is -2.68. The van der Waals surface area contributed by atoms with Crippen LogP contribution in [0.25, 0.3) is 0 Å². The summed E-state index contributed by atoms with van der Waals surface area (Å²) in [5.74, 6) is 3.58. The number of carboxylic acid groups (broad SMARTS) is 1. The van der Waals surface area contributed by atoms with Crippen LogP contribution in [-0.4, -0.2) is 79.2 Å². The minimum atomic E-state index is -2.85. The fraction of sp³-hybridized carbons (Fsp3) is 0.756. The van der Waals surface area contributed by atoms with Crippen LogP contribution in [0.3, 0.4) is 0 Å². The van der Waals surface area contributed by atoms with Crippen molar-refractivity contribution in [2.75, 3.05) is 44.3 Å². The molecule has 55 heavy (non-hydrogen) atoms. The molecule has 7 unspecified atom stereocenters. The molecule has 1 aromatic rings. The third-order valence-electron chi connectivity index (χ3n) is 17.2. The second kappa shape index (κ2) is 14.3. The molecule has 10 heteroatoms. The summed E-state index contributed by atoms with van der Waals surface area (Å²) in [5, 5.41) is 24.1. The summed E-state index contributed by atoms with van der Waals surface area (Å²) in [6.45, 7) is 13.6. The van der Waals surface area contributed by atoms with Gasteiger partial charge < -0.3 is 20.1 Å². The number of aromatic nitrogens is 1. The highest BCUT2D eigenvalue weighted by molar-refractivity contribution is 7.91. The maximum atomic E-state index is 12.7. The van der Waals surface area contributed by atoms with Gasteiger partial charge in [0, 0.05) is 37.9 Å². The highest BCUT2D eigenvalue weighted by Gasteiger charge is 2.65. The van der Waals surface area contributed by atoms with Crippen LogP contribution in [-0.2, 0) is 14.6 Å². The Bertz CT molecular complexity index is 1870. The number of ether oxygens (including phenoxy) is 1. The average molecular weight is 773 g/mol. The second-order valence-corrected chi connectivity index (χ2v) is 22.2. The molecule has 1 saturated heterocycles. The lowest BCUT2D eigenvalue weighted by atomic mass is 9.37. The van der Waals surface area contributed by atoms with Crippen LogP contribution in [0.1, 0.15) is 117 Å². The topological polar surface area (TPSA) is 133 Å². The number of nitriles is 1. The first-order valence-electron chi connectivity index (χ1n) is 21.5. The Hall–Kier alpha value is -2.74. The van der Waals surface area contributed by atoms with Crippen molar-refractivity contribution < 1.29 is 23.1 Å². The fourth-order valence-corrected chi connectivity index (χ4v) is 15.7. The molecule has 1 aromatic heterocycles. The summed E-state index contributed by atoms with van der Waals surface area (Å²) in [5.41, 5.74) is 2.89. The van der Waals surface area contributed by atoms with Gasteiger partial charge in [-0.15, -0.1) is 0 Å². The fourth-order valence-electron chi connectivity index (χ4n) is 14.4. The molecular formula is C45H64N4O5S. The van der Waals surface area contributed by atoms with Crippen LogP contribution in [0.4, 0.5) is 0 Å². The number of rotatable bonds is 9. The maximum Gasteiger partial charge on any atom is 0.313 e. The molecule has 5 fully saturated rings. The van der Waals surface area contributed by atoms with Crippen LogP contribution in [0.2, 0.25) is 0 Å². The molecule has 0 spiro atoms. The highest BCUT2D eigenvalue weighted by atomic mass is 32.2. The van der Waals surface area contributed by atoms with E-state index in [0.717, 1.165) is 37.3 Å². The molecule has 2 N–H and O–H groups in total. The van der Waals surface area contributed by atoms with Gasteiger partial charge >= 0.3 is 5.97 Å². The zero-order chi connectivity index (χ0) is 38.9. The largest absolute Gasteiger partial charge is 0.481 e. The first kappa shape index (κ1) is 39.1. The van der Waals surface area contributed by atoms with Crippen LogP contribution in [0.5, 0.6) is 5.88 Å². The minimum absolute atomic E-state index is 0.00201. The number of carboxylic acids is 1. The standard InChI is InChI=1S/C45H64N4O5S/c1-41(2)34(31-11-19-44(20-12-31,40(50)51)30-54-39-32(29-46)7-6-22-47-39)13-17-43(4)37(41)15-18-42(3)35-14-21-45(16-5-8-36(45)33(35)9-10-38(42)43)48-23-24-49-25-27-55(52,53)28-26-49/h6-7,11,13,22,33,35-38,48H,5,8-10,12,14-21,23-28,30H2,1-4H3,(H,50,51)/t33?,35?,36-,37?,38?,42?,43?,44-,45?/m1/s1. The molecule has 2 heterocycles. The third-order valence-corrected chi connectivity index (χ3v) is 18.8. The molecule has 0 aromatic carbocycles. The number of aliphatic carboxylic acids is 1. The van der Waals surface area contributed by atoms with E-state index in [2.05, 4.69) is 61.1 Å². The van der Waals surface area contributed by atoms with E-state index < -0.39 is 21.2 Å².